The van der Waals surface area contributed by atoms with Gasteiger partial charge in [-0.25, -0.2) is 0 Å². The fourth-order valence-corrected chi connectivity index (χ4v) is 2.28. The number of unbranched alkanes of at least 4 members (excludes halogenated alkanes) is 1. The molecule has 0 spiro atoms. The van der Waals surface area contributed by atoms with Gasteiger partial charge in [0.25, 0.3) is 0 Å². The molecule has 1 fully saturated rings. The van der Waals surface area contributed by atoms with Crippen molar-refractivity contribution in [1.29, 1.82) is 0 Å². The van der Waals surface area contributed by atoms with Gasteiger partial charge < -0.3 is 19.7 Å². The predicted octanol–water partition coefficient (Wildman–Crippen LogP) is 1.89. The summed E-state index contributed by atoms with van der Waals surface area (Å²) in [7, 11) is 2.18. The van der Waals surface area contributed by atoms with Crippen LogP contribution in [0.4, 0.5) is 0 Å². The first kappa shape index (κ1) is 16.9. The number of ether oxygens (including phenoxy) is 2. The summed E-state index contributed by atoms with van der Waals surface area (Å²) in [6.07, 6.45) is 6.62. The van der Waals surface area contributed by atoms with Crippen molar-refractivity contribution in [3.05, 3.63) is 0 Å². The van der Waals surface area contributed by atoms with Gasteiger partial charge in [-0.3, -0.25) is 0 Å². The van der Waals surface area contributed by atoms with Gasteiger partial charge in [0, 0.05) is 39.4 Å². The lowest BCUT2D eigenvalue weighted by Crippen LogP contribution is -2.37. The van der Waals surface area contributed by atoms with Crippen molar-refractivity contribution < 1.29 is 9.47 Å². The van der Waals surface area contributed by atoms with E-state index in [4.69, 9.17) is 9.47 Å². The van der Waals surface area contributed by atoms with E-state index in [1.807, 2.05) is 0 Å². The number of rotatable bonds is 11. The van der Waals surface area contributed by atoms with Gasteiger partial charge in [-0.05, 0) is 32.7 Å². The summed E-state index contributed by atoms with van der Waals surface area (Å²) in [4.78, 5) is 2.36. The smallest absolute Gasteiger partial charge is 0.0701 e. The van der Waals surface area contributed by atoms with Crippen molar-refractivity contribution >= 4 is 0 Å². The Kier molecular flexibility index (Phi) is 10.4. The minimum Gasteiger partial charge on any atom is -0.380 e. The molecule has 1 rings (SSSR count). The molecule has 1 aliphatic heterocycles. The molecule has 0 bridgehead atoms. The zero-order valence-corrected chi connectivity index (χ0v) is 12.8. The first-order valence-electron chi connectivity index (χ1n) is 7.91. The molecule has 1 unspecified atom stereocenters. The van der Waals surface area contributed by atoms with E-state index < -0.39 is 0 Å². The quantitative estimate of drug-likeness (QED) is 0.582. The molecule has 4 nitrogen and oxygen atoms in total. The Morgan fingerprint density at radius 2 is 2.16 bits per heavy atom. The van der Waals surface area contributed by atoms with E-state index in [1.54, 1.807) is 0 Å². The Bertz CT molecular complexity index is 197. The molecule has 0 saturated carbocycles. The molecule has 1 heterocycles. The Morgan fingerprint density at radius 3 is 2.89 bits per heavy atom. The molecule has 1 N–H and O–H groups in total. The first-order chi connectivity index (χ1) is 9.33. The van der Waals surface area contributed by atoms with Crippen LogP contribution in [-0.2, 0) is 9.47 Å². The molecule has 0 radical (unpaired) electrons. The van der Waals surface area contributed by atoms with Crippen LogP contribution in [0.2, 0.25) is 0 Å². The van der Waals surface area contributed by atoms with Crippen molar-refractivity contribution in [3.63, 3.8) is 0 Å². The molecule has 0 aromatic carbocycles. The zero-order chi connectivity index (χ0) is 13.8. The predicted molar refractivity (Wildman–Crippen MR) is 79.7 cm³/mol. The van der Waals surface area contributed by atoms with Crippen molar-refractivity contribution in [3.8, 4) is 0 Å². The summed E-state index contributed by atoms with van der Waals surface area (Å²) in [5, 5.41) is 3.42. The van der Waals surface area contributed by atoms with Crippen LogP contribution in [0.5, 0.6) is 0 Å². The number of nitrogens with one attached hydrogen (secondary N) is 1. The van der Waals surface area contributed by atoms with Gasteiger partial charge in [-0.15, -0.1) is 0 Å². The van der Waals surface area contributed by atoms with Crippen LogP contribution in [-0.4, -0.2) is 64.1 Å². The molecule has 0 amide bonds. The number of hydrogen-bond donors (Lipinski definition) is 1. The maximum Gasteiger partial charge on any atom is 0.0701 e. The monoisotopic (exact) mass is 272 g/mol. The van der Waals surface area contributed by atoms with Crippen LogP contribution in [0.3, 0.4) is 0 Å². The normalized spacial score (nSPS) is 20.1. The van der Waals surface area contributed by atoms with E-state index in [-0.39, 0.29) is 0 Å². The van der Waals surface area contributed by atoms with E-state index >= 15 is 0 Å². The average molecular weight is 272 g/mol. The molecular weight excluding hydrogens is 240 g/mol. The summed E-state index contributed by atoms with van der Waals surface area (Å²) in [5.41, 5.74) is 0. The van der Waals surface area contributed by atoms with Gasteiger partial charge in [0.1, 0.15) is 0 Å². The highest BCUT2D eigenvalue weighted by atomic mass is 16.5. The van der Waals surface area contributed by atoms with E-state index in [1.165, 1.54) is 32.1 Å². The third-order valence-electron chi connectivity index (χ3n) is 3.53. The van der Waals surface area contributed by atoms with Crippen LogP contribution in [0.25, 0.3) is 0 Å². The van der Waals surface area contributed by atoms with E-state index in [0.717, 1.165) is 46.0 Å². The highest BCUT2D eigenvalue weighted by Crippen LogP contribution is 2.12. The largest absolute Gasteiger partial charge is 0.380 e. The lowest BCUT2D eigenvalue weighted by molar-refractivity contribution is -0.00127. The number of nitrogens with zero attached hydrogens (tertiary/aromatic N) is 1. The molecule has 1 atom stereocenters. The Balaban J connectivity index is 1.85. The van der Waals surface area contributed by atoms with E-state index in [2.05, 4.69) is 24.2 Å². The second-order valence-corrected chi connectivity index (χ2v) is 5.47. The lowest BCUT2D eigenvalue weighted by Gasteiger charge is -2.27. The Labute approximate surface area is 118 Å². The SMILES string of the molecule is CCCCOCCNCCN(C)CC1CCCCO1. The number of hydrogen-bond acceptors (Lipinski definition) is 4. The van der Waals surface area contributed by atoms with Crippen molar-refractivity contribution in [1.82, 2.24) is 10.2 Å². The van der Waals surface area contributed by atoms with Crippen LogP contribution >= 0.6 is 0 Å². The van der Waals surface area contributed by atoms with Gasteiger partial charge >= 0.3 is 0 Å². The summed E-state index contributed by atoms with van der Waals surface area (Å²) in [5.74, 6) is 0. The van der Waals surface area contributed by atoms with Crippen LogP contribution in [0.15, 0.2) is 0 Å². The summed E-state index contributed by atoms with van der Waals surface area (Å²) in [6.45, 7) is 8.99. The minimum absolute atomic E-state index is 0.455. The molecule has 1 aliphatic rings. The van der Waals surface area contributed by atoms with Crippen molar-refractivity contribution in [2.45, 2.75) is 45.1 Å². The van der Waals surface area contributed by atoms with Crippen LogP contribution in [0.1, 0.15) is 39.0 Å². The molecule has 0 aromatic rings. The number of likely N-dealkylation sites (N-methyl/N-ethyl adjacent to an activating group) is 1. The fourth-order valence-electron chi connectivity index (χ4n) is 2.28. The van der Waals surface area contributed by atoms with Crippen LogP contribution in [0, 0.1) is 0 Å². The molecule has 4 heteroatoms. The van der Waals surface area contributed by atoms with Crippen LogP contribution < -0.4 is 5.32 Å². The van der Waals surface area contributed by atoms with Gasteiger partial charge in [-0.2, -0.15) is 0 Å². The van der Waals surface area contributed by atoms with E-state index in [0.29, 0.717) is 6.10 Å². The van der Waals surface area contributed by atoms with Gasteiger partial charge in [0.2, 0.25) is 0 Å². The minimum atomic E-state index is 0.455. The van der Waals surface area contributed by atoms with Crippen molar-refractivity contribution in [2.24, 2.45) is 0 Å². The van der Waals surface area contributed by atoms with Crippen molar-refractivity contribution in [2.75, 3.05) is 53.0 Å². The molecule has 114 valence electrons. The van der Waals surface area contributed by atoms with E-state index in [9.17, 15) is 0 Å². The fraction of sp³-hybridized carbons (Fsp3) is 1.00. The third-order valence-corrected chi connectivity index (χ3v) is 3.53. The highest BCUT2D eigenvalue weighted by molar-refractivity contribution is 4.68. The first-order valence-corrected chi connectivity index (χ1v) is 7.91. The topological polar surface area (TPSA) is 33.7 Å². The maximum absolute atomic E-state index is 5.75. The third kappa shape index (κ3) is 9.38. The second-order valence-electron chi connectivity index (χ2n) is 5.47. The molecular formula is C15H32N2O2. The summed E-state index contributed by atoms with van der Waals surface area (Å²) < 4.78 is 11.3. The summed E-state index contributed by atoms with van der Waals surface area (Å²) in [6, 6.07) is 0. The second kappa shape index (κ2) is 11.6. The lowest BCUT2D eigenvalue weighted by atomic mass is 10.1. The maximum atomic E-state index is 5.75. The summed E-state index contributed by atoms with van der Waals surface area (Å²) >= 11 is 0. The average Bonchev–Trinajstić information content (AvgIpc) is 2.43. The molecule has 0 aliphatic carbocycles. The Hall–Kier alpha value is -0.160. The van der Waals surface area contributed by atoms with Gasteiger partial charge in [-0.1, -0.05) is 13.3 Å². The zero-order valence-electron chi connectivity index (χ0n) is 12.8. The van der Waals surface area contributed by atoms with Gasteiger partial charge in [0.05, 0.1) is 12.7 Å². The molecule has 19 heavy (non-hydrogen) atoms. The molecule has 0 aromatic heterocycles. The Morgan fingerprint density at radius 1 is 1.26 bits per heavy atom. The standard InChI is InChI=1S/C15H32N2O2/c1-3-4-11-18-13-9-16-8-10-17(2)14-15-7-5-6-12-19-15/h15-16H,3-14H2,1-2H3. The highest BCUT2D eigenvalue weighted by Gasteiger charge is 2.15. The van der Waals surface area contributed by atoms with Gasteiger partial charge in [0.15, 0.2) is 0 Å². The molecule has 1 saturated heterocycles.